The van der Waals surface area contributed by atoms with Crippen LogP contribution < -0.4 is 0 Å². The average Bonchev–Trinajstić information content (AvgIpc) is 2.89. The van der Waals surface area contributed by atoms with Crippen molar-refractivity contribution in [3.8, 4) is 28.5 Å². The number of aryl methyl sites for hydroxylation is 1. The smallest absolute Gasteiger partial charge is 0.185 e. The molecule has 0 aliphatic carbocycles. The summed E-state index contributed by atoms with van der Waals surface area (Å²) in [6.07, 6.45) is 0. The molecule has 2 N–H and O–H groups in total. The van der Waals surface area contributed by atoms with Crippen LogP contribution in [0.15, 0.2) is 48.5 Å². The molecule has 0 aliphatic heterocycles. The summed E-state index contributed by atoms with van der Waals surface area (Å²) in [5.74, 6) is 1.38. The summed E-state index contributed by atoms with van der Waals surface area (Å²) in [6.45, 7) is 2.03. The van der Waals surface area contributed by atoms with Crippen molar-refractivity contribution in [2.75, 3.05) is 0 Å². The maximum absolute atomic E-state index is 9.80. The minimum absolute atomic E-state index is 0.179. The summed E-state index contributed by atoms with van der Waals surface area (Å²) in [4.78, 5) is 4.45. The van der Waals surface area contributed by atoms with Crippen molar-refractivity contribution in [3.05, 3.63) is 54.1 Å². The number of nitrogens with one attached hydrogen (secondary N) is 1. The van der Waals surface area contributed by atoms with Crippen molar-refractivity contribution in [2.45, 2.75) is 6.92 Å². The van der Waals surface area contributed by atoms with Crippen LogP contribution in [0.5, 0.6) is 5.75 Å². The van der Waals surface area contributed by atoms with Crippen LogP contribution in [0, 0.1) is 6.92 Å². The number of H-pyrrole nitrogens is 1. The lowest BCUT2D eigenvalue weighted by molar-refractivity contribution is 0.477. The highest BCUT2D eigenvalue weighted by molar-refractivity contribution is 5.67. The molecule has 0 amide bonds. The molecule has 1 aromatic heterocycles. The van der Waals surface area contributed by atoms with Crippen molar-refractivity contribution in [3.63, 3.8) is 0 Å². The SMILES string of the molecule is Cc1ccccc1-c1nc(-c2ccccc2O)n[nH]1. The molecule has 19 heavy (non-hydrogen) atoms. The van der Waals surface area contributed by atoms with Gasteiger partial charge in [0.05, 0.1) is 5.56 Å². The zero-order valence-corrected chi connectivity index (χ0v) is 10.5. The van der Waals surface area contributed by atoms with Crippen molar-refractivity contribution < 1.29 is 5.11 Å². The van der Waals surface area contributed by atoms with Crippen LogP contribution >= 0.6 is 0 Å². The lowest BCUT2D eigenvalue weighted by Gasteiger charge is -2.00. The van der Waals surface area contributed by atoms with E-state index >= 15 is 0 Å². The third-order valence-corrected chi connectivity index (χ3v) is 3.03. The number of nitrogens with zero attached hydrogens (tertiary/aromatic N) is 2. The van der Waals surface area contributed by atoms with Crippen LogP contribution in [-0.4, -0.2) is 20.3 Å². The van der Waals surface area contributed by atoms with Gasteiger partial charge in [0.15, 0.2) is 11.6 Å². The fraction of sp³-hybridized carbons (Fsp3) is 0.0667. The molecule has 0 saturated carbocycles. The molecule has 3 aromatic rings. The van der Waals surface area contributed by atoms with E-state index in [0.717, 1.165) is 11.1 Å². The summed E-state index contributed by atoms with van der Waals surface area (Å²) in [6, 6.07) is 15.0. The number of aromatic amines is 1. The van der Waals surface area contributed by atoms with Crippen LogP contribution in [0.2, 0.25) is 0 Å². The van der Waals surface area contributed by atoms with Gasteiger partial charge in [-0.25, -0.2) is 4.98 Å². The van der Waals surface area contributed by atoms with Gasteiger partial charge in [0.2, 0.25) is 0 Å². The Kier molecular flexibility index (Phi) is 2.76. The summed E-state index contributed by atoms with van der Waals surface area (Å²) in [7, 11) is 0. The van der Waals surface area contributed by atoms with Crippen LogP contribution in [0.25, 0.3) is 22.8 Å². The topological polar surface area (TPSA) is 61.8 Å². The molecule has 0 radical (unpaired) electrons. The van der Waals surface area contributed by atoms with Gasteiger partial charge >= 0.3 is 0 Å². The van der Waals surface area contributed by atoms with Crippen LogP contribution in [-0.2, 0) is 0 Å². The summed E-state index contributed by atoms with van der Waals surface area (Å²) in [5, 5.41) is 16.9. The van der Waals surface area contributed by atoms with Gasteiger partial charge < -0.3 is 5.11 Å². The van der Waals surface area contributed by atoms with E-state index in [1.54, 1.807) is 18.2 Å². The number of para-hydroxylation sites is 1. The Bertz CT molecular complexity index is 659. The predicted molar refractivity (Wildman–Crippen MR) is 73.7 cm³/mol. The van der Waals surface area contributed by atoms with E-state index in [4.69, 9.17) is 0 Å². The molecule has 4 nitrogen and oxygen atoms in total. The number of rotatable bonds is 2. The van der Waals surface area contributed by atoms with E-state index in [0.29, 0.717) is 17.2 Å². The van der Waals surface area contributed by atoms with E-state index < -0.39 is 0 Å². The maximum Gasteiger partial charge on any atom is 0.185 e. The first-order chi connectivity index (χ1) is 9.25. The Morgan fingerprint density at radius 1 is 0.947 bits per heavy atom. The zero-order valence-electron chi connectivity index (χ0n) is 10.5. The van der Waals surface area contributed by atoms with Gasteiger partial charge in [-0.3, -0.25) is 5.10 Å². The Morgan fingerprint density at radius 3 is 2.37 bits per heavy atom. The number of benzene rings is 2. The number of aromatic hydroxyl groups is 1. The van der Waals surface area contributed by atoms with Gasteiger partial charge in [-0.15, -0.1) is 0 Å². The summed E-state index contributed by atoms with van der Waals surface area (Å²) >= 11 is 0. The quantitative estimate of drug-likeness (QED) is 0.735. The molecule has 0 fully saturated rings. The van der Waals surface area contributed by atoms with Gasteiger partial charge in [0, 0.05) is 5.56 Å². The van der Waals surface area contributed by atoms with Crippen molar-refractivity contribution >= 4 is 0 Å². The Morgan fingerprint density at radius 2 is 1.63 bits per heavy atom. The molecule has 0 unspecified atom stereocenters. The van der Waals surface area contributed by atoms with Crippen molar-refractivity contribution in [1.29, 1.82) is 0 Å². The molecule has 3 rings (SSSR count). The first-order valence-electron chi connectivity index (χ1n) is 6.02. The van der Waals surface area contributed by atoms with E-state index in [-0.39, 0.29) is 5.75 Å². The molecule has 1 heterocycles. The second-order valence-corrected chi connectivity index (χ2v) is 4.34. The van der Waals surface area contributed by atoms with Gasteiger partial charge in [-0.2, -0.15) is 5.10 Å². The molecule has 0 spiro atoms. The molecule has 2 aromatic carbocycles. The Labute approximate surface area is 110 Å². The number of phenols is 1. The molecular weight excluding hydrogens is 238 g/mol. The van der Waals surface area contributed by atoms with Crippen LogP contribution in [0.3, 0.4) is 0 Å². The standard InChI is InChI=1S/C15H13N3O/c1-10-6-2-3-7-11(10)14-16-15(18-17-14)12-8-4-5-9-13(12)19/h2-9,19H,1H3,(H,16,17,18). The number of phenolic OH excluding ortho intramolecular Hbond substituents is 1. The molecule has 0 bridgehead atoms. The molecular formula is C15H13N3O. The zero-order chi connectivity index (χ0) is 13.2. The van der Waals surface area contributed by atoms with E-state index in [1.165, 1.54) is 0 Å². The molecule has 0 saturated heterocycles. The highest BCUT2D eigenvalue weighted by Crippen LogP contribution is 2.27. The van der Waals surface area contributed by atoms with Crippen molar-refractivity contribution in [2.24, 2.45) is 0 Å². The Balaban J connectivity index is 2.06. The molecule has 94 valence electrons. The third-order valence-electron chi connectivity index (χ3n) is 3.03. The summed E-state index contributed by atoms with van der Waals surface area (Å²) < 4.78 is 0. The normalized spacial score (nSPS) is 10.6. The third kappa shape index (κ3) is 2.08. The van der Waals surface area contributed by atoms with Crippen LogP contribution in [0.4, 0.5) is 0 Å². The fourth-order valence-electron chi connectivity index (χ4n) is 2.00. The number of hydrogen-bond acceptors (Lipinski definition) is 3. The van der Waals surface area contributed by atoms with Crippen molar-refractivity contribution in [1.82, 2.24) is 15.2 Å². The van der Waals surface area contributed by atoms with E-state index in [1.807, 2.05) is 37.3 Å². The second-order valence-electron chi connectivity index (χ2n) is 4.34. The molecule has 0 atom stereocenters. The minimum atomic E-state index is 0.179. The minimum Gasteiger partial charge on any atom is -0.507 e. The van der Waals surface area contributed by atoms with Gasteiger partial charge in [0.1, 0.15) is 5.75 Å². The van der Waals surface area contributed by atoms with Crippen LogP contribution in [0.1, 0.15) is 5.56 Å². The lowest BCUT2D eigenvalue weighted by atomic mass is 10.1. The number of aromatic nitrogens is 3. The van der Waals surface area contributed by atoms with E-state index in [9.17, 15) is 5.11 Å². The van der Waals surface area contributed by atoms with Gasteiger partial charge in [-0.05, 0) is 24.6 Å². The Hall–Kier alpha value is -2.62. The molecule has 4 heteroatoms. The van der Waals surface area contributed by atoms with Gasteiger partial charge in [-0.1, -0.05) is 36.4 Å². The summed E-state index contributed by atoms with van der Waals surface area (Å²) in [5.41, 5.74) is 2.76. The fourth-order valence-corrected chi connectivity index (χ4v) is 2.00. The predicted octanol–water partition coefficient (Wildman–Crippen LogP) is 3.15. The number of hydrogen-bond donors (Lipinski definition) is 2. The highest BCUT2D eigenvalue weighted by atomic mass is 16.3. The first-order valence-corrected chi connectivity index (χ1v) is 6.02. The second kappa shape index (κ2) is 4.57. The lowest BCUT2D eigenvalue weighted by Crippen LogP contribution is -1.85. The monoisotopic (exact) mass is 251 g/mol. The maximum atomic E-state index is 9.80. The highest BCUT2D eigenvalue weighted by Gasteiger charge is 2.11. The first kappa shape index (κ1) is 11.5. The van der Waals surface area contributed by atoms with E-state index in [2.05, 4.69) is 15.2 Å². The van der Waals surface area contributed by atoms with Gasteiger partial charge in [0.25, 0.3) is 0 Å². The molecule has 0 aliphatic rings. The largest absolute Gasteiger partial charge is 0.507 e. The average molecular weight is 251 g/mol.